The molecule has 0 aliphatic heterocycles. The molecule has 29 heavy (non-hydrogen) atoms. The lowest BCUT2D eigenvalue weighted by Crippen LogP contribution is -2.23. The second-order valence-electron chi connectivity index (χ2n) is 9.25. The third kappa shape index (κ3) is 5.56. The van der Waals surface area contributed by atoms with E-state index in [1.807, 2.05) is 12.1 Å². The van der Waals surface area contributed by atoms with Gasteiger partial charge in [0.25, 0.3) is 11.6 Å². The molecule has 0 heterocycles. The van der Waals surface area contributed by atoms with Crippen LogP contribution in [0, 0.1) is 17.0 Å². The number of nitro groups is 1. The maximum Gasteiger partial charge on any atom is 0.274 e. The summed E-state index contributed by atoms with van der Waals surface area (Å²) >= 11 is 0. The third-order valence-electron chi connectivity index (χ3n) is 4.79. The standard InChI is InChI=1S/C23H30N2O4/c1-15-18(9-8-10-19(15)25(27)28)24-21(26)14-29-20-12-11-16(22(2,3)4)13-17(20)23(5,6)7/h8-13H,14H2,1-7H3,(H,24,26). The third-order valence-corrected chi connectivity index (χ3v) is 4.79. The van der Waals surface area contributed by atoms with Gasteiger partial charge in [0.2, 0.25) is 0 Å². The molecule has 2 aromatic rings. The van der Waals surface area contributed by atoms with Crippen molar-refractivity contribution in [1.82, 2.24) is 0 Å². The number of nitrogens with one attached hydrogen (secondary N) is 1. The Hall–Kier alpha value is -2.89. The summed E-state index contributed by atoms with van der Waals surface area (Å²) in [6.45, 7) is 14.2. The maximum atomic E-state index is 12.4. The Morgan fingerprint density at radius 3 is 2.28 bits per heavy atom. The summed E-state index contributed by atoms with van der Waals surface area (Å²) in [6.07, 6.45) is 0. The van der Waals surface area contributed by atoms with Gasteiger partial charge in [-0.15, -0.1) is 0 Å². The molecule has 0 aliphatic rings. The molecule has 0 aliphatic carbocycles. The van der Waals surface area contributed by atoms with E-state index in [4.69, 9.17) is 4.74 Å². The van der Waals surface area contributed by atoms with Crippen LogP contribution in [-0.2, 0) is 15.6 Å². The lowest BCUT2D eigenvalue weighted by atomic mass is 9.80. The van der Waals surface area contributed by atoms with Gasteiger partial charge in [0.05, 0.1) is 16.2 Å². The molecule has 0 atom stereocenters. The van der Waals surface area contributed by atoms with Gasteiger partial charge in [-0.2, -0.15) is 0 Å². The first kappa shape index (κ1) is 22.4. The summed E-state index contributed by atoms with van der Waals surface area (Å²) in [4.78, 5) is 23.0. The topological polar surface area (TPSA) is 81.5 Å². The van der Waals surface area contributed by atoms with E-state index in [1.54, 1.807) is 19.1 Å². The van der Waals surface area contributed by atoms with E-state index < -0.39 is 4.92 Å². The fourth-order valence-corrected chi connectivity index (χ4v) is 2.99. The number of rotatable bonds is 5. The Kier molecular flexibility index (Phi) is 6.36. The first-order valence-electron chi connectivity index (χ1n) is 9.62. The molecule has 1 amide bonds. The number of carbonyl (C=O) groups is 1. The summed E-state index contributed by atoms with van der Waals surface area (Å²) < 4.78 is 5.84. The van der Waals surface area contributed by atoms with Crippen LogP contribution in [-0.4, -0.2) is 17.4 Å². The molecule has 0 bridgehead atoms. The van der Waals surface area contributed by atoms with Crippen LogP contribution in [0.3, 0.4) is 0 Å². The Bertz CT molecular complexity index is 921. The highest BCUT2D eigenvalue weighted by molar-refractivity contribution is 5.93. The van der Waals surface area contributed by atoms with Crippen molar-refractivity contribution in [3.8, 4) is 5.75 Å². The van der Waals surface area contributed by atoms with Gasteiger partial charge >= 0.3 is 0 Å². The maximum absolute atomic E-state index is 12.4. The van der Waals surface area contributed by atoms with Crippen LogP contribution in [0.1, 0.15) is 58.2 Å². The first-order valence-corrected chi connectivity index (χ1v) is 9.62. The van der Waals surface area contributed by atoms with Crippen molar-refractivity contribution >= 4 is 17.3 Å². The molecule has 0 radical (unpaired) electrons. The lowest BCUT2D eigenvalue weighted by molar-refractivity contribution is -0.385. The molecule has 6 nitrogen and oxygen atoms in total. The highest BCUT2D eigenvalue weighted by atomic mass is 16.6. The van der Waals surface area contributed by atoms with Gasteiger partial charge in [-0.25, -0.2) is 0 Å². The summed E-state index contributed by atoms with van der Waals surface area (Å²) in [5, 5.41) is 13.8. The van der Waals surface area contributed by atoms with Crippen LogP contribution in [0.4, 0.5) is 11.4 Å². The highest BCUT2D eigenvalue weighted by Crippen LogP contribution is 2.35. The molecule has 6 heteroatoms. The van der Waals surface area contributed by atoms with Crippen molar-refractivity contribution in [2.24, 2.45) is 0 Å². The number of carbonyl (C=O) groups excluding carboxylic acids is 1. The van der Waals surface area contributed by atoms with E-state index in [2.05, 4.69) is 52.9 Å². The number of nitro benzene ring substituents is 1. The average Bonchev–Trinajstić information content (AvgIpc) is 2.59. The predicted molar refractivity (Wildman–Crippen MR) is 116 cm³/mol. The molecule has 0 fully saturated rings. The summed E-state index contributed by atoms with van der Waals surface area (Å²) in [5.74, 6) is 0.296. The molecule has 0 saturated carbocycles. The van der Waals surface area contributed by atoms with Gasteiger partial charge in [-0.3, -0.25) is 14.9 Å². The molecule has 0 aromatic heterocycles. The van der Waals surface area contributed by atoms with Crippen LogP contribution in [0.25, 0.3) is 0 Å². The van der Waals surface area contributed by atoms with Gasteiger partial charge in [0.1, 0.15) is 5.75 Å². The number of nitrogens with zero attached hydrogens (tertiary/aromatic N) is 1. The van der Waals surface area contributed by atoms with Crippen molar-refractivity contribution in [1.29, 1.82) is 0 Å². The Morgan fingerprint density at radius 2 is 1.72 bits per heavy atom. The molecule has 2 rings (SSSR count). The van der Waals surface area contributed by atoms with Crippen LogP contribution >= 0.6 is 0 Å². The molecule has 0 unspecified atom stereocenters. The number of hydrogen-bond acceptors (Lipinski definition) is 4. The number of anilines is 1. The second kappa shape index (κ2) is 8.23. The van der Waals surface area contributed by atoms with Crippen molar-refractivity contribution < 1.29 is 14.5 Å². The highest BCUT2D eigenvalue weighted by Gasteiger charge is 2.23. The largest absolute Gasteiger partial charge is 0.483 e. The first-order chi connectivity index (χ1) is 13.3. The minimum atomic E-state index is -0.464. The zero-order chi connectivity index (χ0) is 22.0. The second-order valence-corrected chi connectivity index (χ2v) is 9.25. The van der Waals surface area contributed by atoms with E-state index in [9.17, 15) is 14.9 Å². The number of hydrogen-bond donors (Lipinski definition) is 1. The Labute approximate surface area is 172 Å². The van der Waals surface area contributed by atoms with Crippen molar-refractivity contribution in [2.75, 3.05) is 11.9 Å². The fourth-order valence-electron chi connectivity index (χ4n) is 2.99. The Morgan fingerprint density at radius 1 is 1.07 bits per heavy atom. The normalized spacial score (nSPS) is 11.8. The smallest absolute Gasteiger partial charge is 0.274 e. The molecular formula is C23H30N2O4. The molecule has 1 N–H and O–H groups in total. The van der Waals surface area contributed by atoms with E-state index in [-0.39, 0.29) is 29.0 Å². The van der Waals surface area contributed by atoms with E-state index in [0.29, 0.717) is 17.0 Å². The van der Waals surface area contributed by atoms with E-state index in [0.717, 1.165) is 5.56 Å². The number of benzene rings is 2. The van der Waals surface area contributed by atoms with Gasteiger partial charge < -0.3 is 10.1 Å². The minimum Gasteiger partial charge on any atom is -0.483 e. The zero-order valence-corrected chi connectivity index (χ0v) is 18.3. The summed E-state index contributed by atoms with van der Waals surface area (Å²) in [7, 11) is 0. The van der Waals surface area contributed by atoms with Crippen LogP contribution in [0.5, 0.6) is 5.75 Å². The van der Waals surface area contributed by atoms with Crippen molar-refractivity contribution in [2.45, 2.75) is 59.3 Å². The van der Waals surface area contributed by atoms with Gasteiger partial charge in [-0.1, -0.05) is 59.7 Å². The summed E-state index contributed by atoms with van der Waals surface area (Å²) in [6, 6.07) is 10.7. The van der Waals surface area contributed by atoms with Gasteiger partial charge in [0.15, 0.2) is 6.61 Å². The minimum absolute atomic E-state index is 0.00938. The van der Waals surface area contributed by atoms with Crippen molar-refractivity contribution in [3.05, 3.63) is 63.2 Å². The van der Waals surface area contributed by atoms with Crippen molar-refractivity contribution in [3.63, 3.8) is 0 Å². The average molecular weight is 399 g/mol. The van der Waals surface area contributed by atoms with E-state index in [1.165, 1.54) is 11.6 Å². The van der Waals surface area contributed by atoms with Crippen LogP contribution < -0.4 is 10.1 Å². The molecule has 156 valence electrons. The van der Waals surface area contributed by atoms with Gasteiger partial charge in [-0.05, 0) is 41.0 Å². The number of amides is 1. The van der Waals surface area contributed by atoms with Crippen LogP contribution in [0.2, 0.25) is 0 Å². The SMILES string of the molecule is Cc1c(NC(=O)COc2ccc(C(C)(C)C)cc2C(C)(C)C)cccc1[N+](=O)[O-]. The molecule has 0 saturated heterocycles. The predicted octanol–water partition coefficient (Wildman–Crippen LogP) is 5.52. The summed E-state index contributed by atoms with van der Waals surface area (Å²) in [5.41, 5.74) is 2.88. The fraction of sp³-hybridized carbons (Fsp3) is 0.435. The Balaban J connectivity index is 2.18. The number of ether oxygens (including phenoxy) is 1. The monoisotopic (exact) mass is 398 g/mol. The van der Waals surface area contributed by atoms with Gasteiger partial charge in [0, 0.05) is 6.07 Å². The zero-order valence-electron chi connectivity index (χ0n) is 18.3. The quantitative estimate of drug-likeness (QED) is 0.531. The molecular weight excluding hydrogens is 368 g/mol. The van der Waals surface area contributed by atoms with Crippen LogP contribution in [0.15, 0.2) is 36.4 Å². The lowest BCUT2D eigenvalue weighted by Gasteiger charge is -2.27. The molecule has 0 spiro atoms. The molecule has 2 aromatic carbocycles. The van der Waals surface area contributed by atoms with E-state index >= 15 is 0 Å².